The number of hydrogen-bond acceptors (Lipinski definition) is 6. The molecule has 0 aliphatic carbocycles. The Morgan fingerprint density at radius 2 is 2.00 bits per heavy atom. The minimum Gasteiger partial charge on any atom is -0.454 e. The Balaban J connectivity index is 2.15. The van der Waals surface area contributed by atoms with Gasteiger partial charge in [0.05, 0.1) is 4.90 Å². The zero-order valence-electron chi connectivity index (χ0n) is 16.7. The average Bonchev–Trinajstić information content (AvgIpc) is 2.72. The van der Waals surface area contributed by atoms with Crippen LogP contribution in [0.1, 0.15) is 12.8 Å². The number of rotatable bonds is 11. The molecular formula is C18H22FN5O5S. The monoisotopic (exact) mass is 440 g/mol. The van der Waals surface area contributed by atoms with Gasteiger partial charge in [-0.25, -0.2) is 18.3 Å². The van der Waals surface area contributed by atoms with E-state index in [1.54, 1.807) is 35.8 Å². The average molecular weight is 440 g/mol. The van der Waals surface area contributed by atoms with Crippen LogP contribution in [0.3, 0.4) is 0 Å². The van der Waals surface area contributed by atoms with E-state index in [0.29, 0.717) is 5.75 Å². The number of halogens is 1. The van der Waals surface area contributed by atoms with E-state index in [2.05, 4.69) is 14.9 Å². The topological polar surface area (TPSA) is 169 Å². The molecule has 0 saturated carbocycles. The van der Waals surface area contributed by atoms with Gasteiger partial charge in [0.15, 0.2) is 17.5 Å². The number of hydroxylamine groups is 1. The van der Waals surface area contributed by atoms with Crippen molar-refractivity contribution >= 4 is 21.9 Å². The Bertz CT molecular complexity index is 1020. The van der Waals surface area contributed by atoms with E-state index in [4.69, 9.17) is 17.6 Å². The summed E-state index contributed by atoms with van der Waals surface area (Å²) in [5.74, 6) is -1.76. The summed E-state index contributed by atoms with van der Waals surface area (Å²) in [6, 6.07) is 10.2. The second kappa shape index (κ2) is 10.5. The molecule has 12 heteroatoms. The lowest BCUT2D eigenvalue weighted by Gasteiger charge is -2.17. The summed E-state index contributed by atoms with van der Waals surface area (Å²) >= 11 is 0. The van der Waals surface area contributed by atoms with E-state index in [1.807, 2.05) is 0 Å². The largest absolute Gasteiger partial charge is 0.454 e. The van der Waals surface area contributed by atoms with Crippen molar-refractivity contribution in [2.45, 2.75) is 23.8 Å². The van der Waals surface area contributed by atoms with Gasteiger partial charge in [-0.15, -0.1) is 0 Å². The van der Waals surface area contributed by atoms with Crippen molar-refractivity contribution in [1.82, 2.24) is 10.2 Å². The number of benzene rings is 2. The summed E-state index contributed by atoms with van der Waals surface area (Å²) in [5, 5.41) is 3.81. The Kier molecular flexibility index (Phi) is 7.54. The number of carbonyl (C=O) groups is 1. The summed E-state index contributed by atoms with van der Waals surface area (Å²) in [4.78, 5) is 15.4. The van der Waals surface area contributed by atoms with E-state index >= 15 is 0 Å². The van der Waals surface area contributed by atoms with Gasteiger partial charge < -0.3 is 16.2 Å². The number of carbonyl (C=O) groups excluding carboxylic acids is 1. The quantitative estimate of drug-likeness (QED) is 0.113. The Hall–Kier alpha value is -3.22. The van der Waals surface area contributed by atoms with Crippen molar-refractivity contribution < 1.29 is 29.0 Å². The van der Waals surface area contributed by atoms with Crippen LogP contribution in [0.25, 0.3) is 0 Å². The molecule has 1 amide bonds. The van der Waals surface area contributed by atoms with Gasteiger partial charge in [0.1, 0.15) is 11.8 Å². The van der Waals surface area contributed by atoms with Crippen LogP contribution in [0.5, 0.6) is 11.5 Å². The molecule has 162 valence electrons. The highest BCUT2D eigenvalue weighted by Gasteiger charge is 2.26. The molecule has 0 saturated heterocycles. The first-order valence-electron chi connectivity index (χ1n) is 9.16. The van der Waals surface area contributed by atoms with Crippen LogP contribution in [0.2, 0.25) is 1.43 Å². The van der Waals surface area contributed by atoms with Crippen molar-refractivity contribution in [1.29, 1.82) is 0 Å². The summed E-state index contributed by atoms with van der Waals surface area (Å²) in [7, 11) is -4.30. The Morgan fingerprint density at radius 3 is 2.63 bits per heavy atom. The molecule has 10 nitrogen and oxygen atoms in total. The standard InChI is InChI=1S/C18H22FN5O5S/c19-14-11-13(8-9-16(14)29-12-5-2-1-3-6-12)30(27,28)24-15(17(25)23-26)7-4-10-22-18(20)21/h1-3,5-6,8-9,11,15,24,26H,4,7,10H2,(H,23,25)(H4,20,21,22)/t15-/m0/s1/i/hD. The zero-order chi connectivity index (χ0) is 22.9. The molecule has 0 radical (unpaired) electrons. The highest BCUT2D eigenvalue weighted by Crippen LogP contribution is 2.26. The summed E-state index contributed by atoms with van der Waals surface area (Å²) in [6.45, 7) is 0.149. The molecule has 0 unspecified atom stereocenters. The minimum absolute atomic E-state index is 0.0110. The molecule has 0 aliphatic heterocycles. The van der Waals surface area contributed by atoms with Gasteiger partial charge >= 0.3 is 0 Å². The molecule has 0 aromatic heterocycles. The molecule has 30 heavy (non-hydrogen) atoms. The number of hydrogen-bond donors (Lipinski definition) is 5. The molecule has 0 spiro atoms. The fraction of sp³-hybridized carbons (Fsp3) is 0.222. The molecule has 7 N–H and O–H groups in total. The molecule has 2 aromatic rings. The second-order valence-electron chi connectivity index (χ2n) is 6.10. The van der Waals surface area contributed by atoms with Gasteiger partial charge in [-0.3, -0.25) is 15.0 Å². The van der Waals surface area contributed by atoms with Crippen LogP contribution >= 0.6 is 0 Å². The Morgan fingerprint density at radius 1 is 1.27 bits per heavy atom. The molecule has 2 rings (SSSR count). The van der Waals surface area contributed by atoms with Crippen molar-refractivity contribution in [2.75, 3.05) is 6.54 Å². The summed E-state index contributed by atoms with van der Waals surface area (Å²) < 4.78 is 53.9. The zero-order valence-corrected chi connectivity index (χ0v) is 16.6. The number of nitrogens with two attached hydrogens (primary N) is 2. The van der Waals surface area contributed by atoms with Crippen molar-refractivity contribution in [3.05, 3.63) is 54.3 Å². The second-order valence-corrected chi connectivity index (χ2v) is 7.81. The van der Waals surface area contributed by atoms with E-state index in [0.717, 1.165) is 18.2 Å². The molecule has 2 aromatic carbocycles. The van der Waals surface area contributed by atoms with E-state index in [-0.39, 0.29) is 31.1 Å². The van der Waals surface area contributed by atoms with Crippen LogP contribution in [0, 0.1) is 5.82 Å². The fourth-order valence-corrected chi connectivity index (χ4v) is 3.66. The first kappa shape index (κ1) is 21.5. The molecule has 0 bridgehead atoms. The highest BCUT2D eigenvalue weighted by atomic mass is 32.2. The normalized spacial score (nSPS) is 12.5. The third-order valence-corrected chi connectivity index (χ3v) is 5.31. The number of ether oxygens (including phenoxy) is 1. The maximum atomic E-state index is 14.4. The van der Waals surface area contributed by atoms with Crippen LogP contribution in [-0.2, 0) is 14.8 Å². The van der Waals surface area contributed by atoms with Gasteiger partial charge in [-0.2, -0.15) is 4.72 Å². The number of guanidine groups is 1. The number of nitrogens with zero attached hydrogens (tertiary/aromatic N) is 1. The van der Waals surface area contributed by atoms with Gasteiger partial charge in [-0.1, -0.05) is 18.2 Å². The lowest BCUT2D eigenvalue weighted by molar-refractivity contribution is -0.131. The minimum atomic E-state index is -4.30. The highest BCUT2D eigenvalue weighted by molar-refractivity contribution is 7.89. The lowest BCUT2D eigenvalue weighted by atomic mass is 10.1. The van der Waals surface area contributed by atoms with E-state index < -0.39 is 32.7 Å². The van der Waals surface area contributed by atoms with Crippen LogP contribution in [0.4, 0.5) is 4.39 Å². The van der Waals surface area contributed by atoms with Crippen LogP contribution in [-0.4, -0.2) is 38.1 Å². The Labute approximate surface area is 174 Å². The SMILES string of the molecule is [2H]ONC(=O)[C@H](CCCN=C(N)N)NS(=O)(=O)c1ccc(Oc2ccccc2)c(F)c1. The maximum absolute atomic E-state index is 14.4. The van der Waals surface area contributed by atoms with E-state index in [1.165, 1.54) is 0 Å². The maximum Gasteiger partial charge on any atom is 0.261 e. The molecule has 0 fully saturated rings. The van der Waals surface area contributed by atoms with Crippen molar-refractivity contribution in [2.24, 2.45) is 16.5 Å². The predicted octanol–water partition coefficient (Wildman–Crippen LogP) is 0.824. The first-order valence-corrected chi connectivity index (χ1v) is 10.2. The van der Waals surface area contributed by atoms with Crippen LogP contribution < -0.4 is 26.4 Å². The van der Waals surface area contributed by atoms with Crippen molar-refractivity contribution in [3.8, 4) is 11.5 Å². The molecule has 1 atom stereocenters. The third kappa shape index (κ3) is 6.69. The van der Waals surface area contributed by atoms with Crippen molar-refractivity contribution in [3.63, 3.8) is 0 Å². The van der Waals surface area contributed by atoms with Gasteiger partial charge in [0.2, 0.25) is 11.5 Å². The third-order valence-electron chi connectivity index (χ3n) is 3.84. The number of sulfonamides is 1. The lowest BCUT2D eigenvalue weighted by Crippen LogP contribution is -2.45. The van der Waals surface area contributed by atoms with Crippen LogP contribution in [0.15, 0.2) is 58.4 Å². The van der Waals surface area contributed by atoms with Gasteiger partial charge in [0, 0.05) is 6.54 Å². The number of para-hydroxylation sites is 1. The molecule has 0 aliphatic rings. The molecule has 0 heterocycles. The van der Waals surface area contributed by atoms with E-state index in [9.17, 15) is 17.6 Å². The fourth-order valence-electron chi connectivity index (χ4n) is 2.42. The predicted molar refractivity (Wildman–Crippen MR) is 107 cm³/mol. The first-order chi connectivity index (χ1) is 14.7. The summed E-state index contributed by atoms with van der Waals surface area (Å²) in [6.07, 6.45) is 0.234. The molecular weight excluding hydrogens is 417 g/mol. The summed E-state index contributed by atoms with van der Waals surface area (Å²) in [5.41, 5.74) is 12.2. The smallest absolute Gasteiger partial charge is 0.261 e. The number of aliphatic imine (C=N–C) groups is 1. The number of nitrogens with one attached hydrogen (secondary N) is 2. The van der Waals surface area contributed by atoms with Gasteiger partial charge in [-0.05, 0) is 43.2 Å². The van der Waals surface area contributed by atoms with Gasteiger partial charge in [0.25, 0.3) is 5.91 Å². The number of amides is 1.